The molecule has 1 heterocycles. The number of hydrogen-bond acceptors (Lipinski definition) is 2. The summed E-state index contributed by atoms with van der Waals surface area (Å²) >= 11 is 0. The molecule has 0 aliphatic carbocycles. The smallest absolute Gasteiger partial charge is 0.150 e. The molecule has 2 heteroatoms. The van der Waals surface area contributed by atoms with E-state index in [-0.39, 0.29) is 11.9 Å². The molecule has 0 amide bonds. The van der Waals surface area contributed by atoms with Gasteiger partial charge >= 0.3 is 0 Å². The summed E-state index contributed by atoms with van der Waals surface area (Å²) in [5, 5.41) is 9.96. The molecule has 0 fully saturated rings. The molecule has 0 aromatic heterocycles. The van der Waals surface area contributed by atoms with E-state index >= 15 is 0 Å². The van der Waals surface area contributed by atoms with E-state index in [0.717, 1.165) is 28.0 Å². The minimum Gasteiger partial charge on any atom is -0.508 e. The number of rotatable bonds is 2. The van der Waals surface area contributed by atoms with Crippen LogP contribution in [-0.4, -0.2) is 5.11 Å². The van der Waals surface area contributed by atoms with Gasteiger partial charge in [-0.2, -0.15) is 0 Å². The van der Waals surface area contributed by atoms with Crippen LogP contribution in [0.2, 0.25) is 0 Å². The molecular formula is C23H20O2. The molecular weight excluding hydrogens is 308 g/mol. The van der Waals surface area contributed by atoms with Gasteiger partial charge in [-0.25, -0.2) is 0 Å². The Morgan fingerprint density at radius 2 is 1.60 bits per heavy atom. The molecule has 3 aromatic carbocycles. The van der Waals surface area contributed by atoms with E-state index in [2.05, 4.69) is 44.2 Å². The number of phenolic OH excluding ortho intramolecular Hbond substituents is 1. The van der Waals surface area contributed by atoms with Crippen LogP contribution in [-0.2, 0) is 0 Å². The van der Waals surface area contributed by atoms with Crippen molar-refractivity contribution in [1.82, 2.24) is 0 Å². The van der Waals surface area contributed by atoms with Gasteiger partial charge in [0.15, 0.2) is 0 Å². The van der Waals surface area contributed by atoms with Gasteiger partial charge in [0.05, 0.1) is 0 Å². The maximum absolute atomic E-state index is 9.96. The fourth-order valence-electron chi connectivity index (χ4n) is 3.42. The van der Waals surface area contributed by atoms with Gasteiger partial charge < -0.3 is 9.84 Å². The van der Waals surface area contributed by atoms with Crippen LogP contribution in [0.3, 0.4) is 0 Å². The van der Waals surface area contributed by atoms with Crippen molar-refractivity contribution in [3.8, 4) is 11.5 Å². The number of benzene rings is 3. The molecule has 0 spiro atoms. The van der Waals surface area contributed by atoms with Crippen LogP contribution in [0.5, 0.6) is 11.5 Å². The Balaban J connectivity index is 1.93. The Morgan fingerprint density at radius 1 is 0.840 bits per heavy atom. The summed E-state index contributed by atoms with van der Waals surface area (Å²) in [4.78, 5) is 0. The van der Waals surface area contributed by atoms with Crippen LogP contribution in [0.25, 0.3) is 11.1 Å². The molecule has 4 rings (SSSR count). The molecule has 1 aliphatic heterocycles. The zero-order valence-electron chi connectivity index (χ0n) is 14.4. The molecule has 1 aliphatic rings. The van der Waals surface area contributed by atoms with Crippen molar-refractivity contribution in [2.75, 3.05) is 0 Å². The summed E-state index contributed by atoms with van der Waals surface area (Å²) < 4.78 is 6.40. The van der Waals surface area contributed by atoms with Crippen molar-refractivity contribution in [2.45, 2.75) is 20.0 Å². The lowest BCUT2D eigenvalue weighted by Crippen LogP contribution is -2.16. The molecule has 25 heavy (non-hydrogen) atoms. The molecule has 124 valence electrons. The van der Waals surface area contributed by atoms with Crippen LogP contribution >= 0.6 is 0 Å². The first-order valence-electron chi connectivity index (χ1n) is 8.46. The molecule has 0 radical (unpaired) electrons. The molecule has 0 saturated carbocycles. The van der Waals surface area contributed by atoms with Gasteiger partial charge in [-0.1, -0.05) is 60.2 Å². The number of phenols is 1. The predicted octanol–water partition coefficient (Wildman–Crippen LogP) is 5.77. The van der Waals surface area contributed by atoms with Crippen molar-refractivity contribution in [3.05, 3.63) is 95.1 Å². The normalized spacial score (nSPS) is 16.3. The maximum atomic E-state index is 9.96. The van der Waals surface area contributed by atoms with Crippen molar-refractivity contribution in [2.24, 2.45) is 0 Å². The maximum Gasteiger partial charge on any atom is 0.150 e. The zero-order valence-corrected chi connectivity index (χ0v) is 14.4. The molecule has 1 unspecified atom stereocenters. The summed E-state index contributed by atoms with van der Waals surface area (Å²) in [5.74, 6) is 1.16. The van der Waals surface area contributed by atoms with Crippen molar-refractivity contribution in [3.63, 3.8) is 0 Å². The number of para-hydroxylation sites is 1. The SMILES string of the molecule is CC1=C(c2cccc(O)c2)C(c2ccc(C)cc2)Oc2ccccc21. The van der Waals surface area contributed by atoms with Crippen LogP contribution in [0, 0.1) is 6.92 Å². The Kier molecular flexibility index (Phi) is 3.81. The van der Waals surface area contributed by atoms with Gasteiger partial charge in [0.25, 0.3) is 0 Å². The van der Waals surface area contributed by atoms with Gasteiger partial charge in [0, 0.05) is 11.1 Å². The summed E-state index contributed by atoms with van der Waals surface area (Å²) in [6.07, 6.45) is -0.197. The molecule has 3 aromatic rings. The van der Waals surface area contributed by atoms with Crippen molar-refractivity contribution < 1.29 is 9.84 Å². The Labute approximate surface area is 148 Å². The molecule has 1 atom stereocenters. The van der Waals surface area contributed by atoms with Gasteiger partial charge in [0.1, 0.15) is 17.6 Å². The Hall–Kier alpha value is -3.00. The molecule has 0 saturated heterocycles. The number of aromatic hydroxyl groups is 1. The van der Waals surface area contributed by atoms with E-state index in [9.17, 15) is 5.11 Å². The highest BCUT2D eigenvalue weighted by atomic mass is 16.5. The average Bonchev–Trinajstić information content (AvgIpc) is 2.62. The lowest BCUT2D eigenvalue weighted by atomic mass is 9.86. The monoisotopic (exact) mass is 328 g/mol. The van der Waals surface area contributed by atoms with Crippen LogP contribution in [0.15, 0.2) is 72.8 Å². The predicted molar refractivity (Wildman–Crippen MR) is 102 cm³/mol. The standard InChI is InChI=1S/C23H20O2/c1-15-10-12-17(13-11-15)23-22(18-6-5-7-19(24)14-18)16(2)20-8-3-4-9-21(20)25-23/h3-14,23-24H,1-2H3. The van der Waals surface area contributed by atoms with Crippen LogP contribution in [0.1, 0.15) is 35.3 Å². The number of allylic oxidation sites excluding steroid dienone is 1. The van der Waals surface area contributed by atoms with Gasteiger partial charge in [0.2, 0.25) is 0 Å². The van der Waals surface area contributed by atoms with E-state index in [1.807, 2.05) is 30.3 Å². The van der Waals surface area contributed by atoms with Crippen molar-refractivity contribution >= 4 is 11.1 Å². The van der Waals surface area contributed by atoms with Gasteiger partial charge in [-0.3, -0.25) is 0 Å². The summed E-state index contributed by atoms with van der Waals surface area (Å²) in [6, 6.07) is 24.0. The summed E-state index contributed by atoms with van der Waals surface area (Å²) in [6.45, 7) is 4.21. The highest BCUT2D eigenvalue weighted by Gasteiger charge is 2.29. The quantitative estimate of drug-likeness (QED) is 0.647. The number of ether oxygens (including phenoxy) is 1. The van der Waals surface area contributed by atoms with E-state index in [1.54, 1.807) is 12.1 Å². The second-order valence-corrected chi connectivity index (χ2v) is 6.49. The van der Waals surface area contributed by atoms with E-state index in [1.165, 1.54) is 11.1 Å². The third kappa shape index (κ3) is 2.80. The largest absolute Gasteiger partial charge is 0.508 e. The van der Waals surface area contributed by atoms with Crippen molar-refractivity contribution in [1.29, 1.82) is 0 Å². The number of hydrogen-bond donors (Lipinski definition) is 1. The fraction of sp³-hybridized carbons (Fsp3) is 0.130. The minimum absolute atomic E-state index is 0.197. The highest BCUT2D eigenvalue weighted by molar-refractivity contribution is 5.95. The van der Waals surface area contributed by atoms with E-state index < -0.39 is 0 Å². The van der Waals surface area contributed by atoms with Gasteiger partial charge in [-0.15, -0.1) is 0 Å². The molecule has 0 bridgehead atoms. The molecule has 2 nitrogen and oxygen atoms in total. The fourth-order valence-corrected chi connectivity index (χ4v) is 3.42. The average molecular weight is 328 g/mol. The van der Waals surface area contributed by atoms with Crippen LogP contribution < -0.4 is 4.74 Å². The third-order valence-corrected chi connectivity index (χ3v) is 4.74. The highest BCUT2D eigenvalue weighted by Crippen LogP contribution is 2.46. The van der Waals surface area contributed by atoms with Gasteiger partial charge in [-0.05, 0) is 48.7 Å². The Bertz CT molecular complexity index is 952. The lowest BCUT2D eigenvalue weighted by Gasteiger charge is -2.31. The number of fused-ring (bicyclic) bond motifs is 1. The number of aryl methyl sites for hydroxylation is 1. The topological polar surface area (TPSA) is 29.5 Å². The first-order valence-corrected chi connectivity index (χ1v) is 8.46. The second kappa shape index (κ2) is 6.14. The lowest BCUT2D eigenvalue weighted by molar-refractivity contribution is 0.260. The minimum atomic E-state index is -0.197. The second-order valence-electron chi connectivity index (χ2n) is 6.49. The summed E-state index contributed by atoms with van der Waals surface area (Å²) in [5.41, 5.74) is 6.69. The Morgan fingerprint density at radius 3 is 2.36 bits per heavy atom. The zero-order chi connectivity index (χ0) is 17.4. The molecule has 1 N–H and O–H groups in total. The first-order chi connectivity index (χ1) is 12.1. The van der Waals surface area contributed by atoms with Crippen LogP contribution in [0.4, 0.5) is 0 Å². The first kappa shape index (κ1) is 15.5. The van der Waals surface area contributed by atoms with E-state index in [0.29, 0.717) is 0 Å². The summed E-state index contributed by atoms with van der Waals surface area (Å²) in [7, 11) is 0. The van der Waals surface area contributed by atoms with E-state index in [4.69, 9.17) is 4.74 Å². The third-order valence-electron chi connectivity index (χ3n) is 4.74.